The molecule has 1 amide bonds. The molecule has 0 heterocycles. The van der Waals surface area contributed by atoms with Gasteiger partial charge in [0, 0.05) is 11.9 Å². The Morgan fingerprint density at radius 2 is 1.82 bits per heavy atom. The van der Waals surface area contributed by atoms with Crippen LogP contribution in [-0.2, 0) is 9.59 Å². The molecule has 9 heteroatoms. The average molecular weight is 425 g/mol. The van der Waals surface area contributed by atoms with Crippen LogP contribution in [-0.4, -0.2) is 31.3 Å². The Labute approximate surface area is 172 Å². The number of esters is 1. The maximum absolute atomic E-state index is 12.1. The molecule has 148 valence electrons. The summed E-state index contributed by atoms with van der Waals surface area (Å²) in [4.78, 5) is 23.2. The molecule has 0 aliphatic carbocycles. The summed E-state index contributed by atoms with van der Waals surface area (Å²) in [5, 5.41) is 4.65. The van der Waals surface area contributed by atoms with Crippen molar-refractivity contribution < 1.29 is 23.8 Å². The van der Waals surface area contributed by atoms with Crippen molar-refractivity contribution in [3.63, 3.8) is 0 Å². The number of carbonyl (C=O) groups excluding carboxylic acids is 2. The van der Waals surface area contributed by atoms with Gasteiger partial charge in [0.1, 0.15) is 5.75 Å². The number of ether oxygens (including phenoxy) is 3. The molecule has 7 nitrogen and oxygen atoms in total. The lowest BCUT2D eigenvalue weighted by Crippen LogP contribution is -2.33. The van der Waals surface area contributed by atoms with Crippen LogP contribution in [0.25, 0.3) is 0 Å². The summed E-state index contributed by atoms with van der Waals surface area (Å²) in [6.45, 7) is 2.86. The predicted octanol–water partition coefficient (Wildman–Crippen LogP) is 3.84. The summed E-state index contributed by atoms with van der Waals surface area (Å²) < 4.78 is 15.7. The second-order valence-electron chi connectivity index (χ2n) is 5.57. The number of nitrogens with one attached hydrogen (secondary N) is 1. The minimum atomic E-state index is -0.836. The minimum Gasteiger partial charge on any atom is -0.493 e. The first-order valence-corrected chi connectivity index (χ1v) is 8.87. The first-order valence-electron chi connectivity index (χ1n) is 8.11. The lowest BCUT2D eigenvalue weighted by atomic mass is 10.2. The number of amides is 1. The van der Waals surface area contributed by atoms with E-state index in [-0.39, 0.29) is 5.75 Å². The Morgan fingerprint density at radius 1 is 1.11 bits per heavy atom. The third-order valence-electron chi connectivity index (χ3n) is 3.40. The van der Waals surface area contributed by atoms with E-state index in [2.05, 4.69) is 10.5 Å². The van der Waals surface area contributed by atoms with Crippen LogP contribution in [0, 0.1) is 0 Å². The lowest BCUT2D eigenvalue weighted by molar-refractivity contribution is -0.132. The van der Waals surface area contributed by atoms with E-state index in [4.69, 9.17) is 37.4 Å². The van der Waals surface area contributed by atoms with Crippen molar-refractivity contribution in [2.24, 2.45) is 5.10 Å². The Hall–Kier alpha value is -2.77. The summed E-state index contributed by atoms with van der Waals surface area (Å²) >= 11 is 11.8. The zero-order chi connectivity index (χ0) is 20.7. The number of hydrogen-bond acceptors (Lipinski definition) is 6. The SMILES string of the molecule is COc1cc(C=NNC(=O)[C@@H](C)Oc2ccc(Cl)cc2Cl)ccc1OC(C)=O. The summed E-state index contributed by atoms with van der Waals surface area (Å²) in [6.07, 6.45) is 0.580. The molecule has 0 bridgehead atoms. The molecule has 0 aromatic heterocycles. The van der Waals surface area contributed by atoms with Crippen molar-refractivity contribution >= 4 is 41.3 Å². The molecule has 0 saturated heterocycles. The number of halogens is 2. The van der Waals surface area contributed by atoms with Gasteiger partial charge in [-0.05, 0) is 48.9 Å². The van der Waals surface area contributed by atoms with E-state index < -0.39 is 18.0 Å². The largest absolute Gasteiger partial charge is 0.493 e. The van der Waals surface area contributed by atoms with Crippen LogP contribution in [0.3, 0.4) is 0 Å². The monoisotopic (exact) mass is 424 g/mol. The number of benzene rings is 2. The van der Waals surface area contributed by atoms with Crippen molar-refractivity contribution in [1.29, 1.82) is 0 Å². The van der Waals surface area contributed by atoms with Gasteiger partial charge in [0.25, 0.3) is 5.91 Å². The summed E-state index contributed by atoms with van der Waals surface area (Å²) in [5.41, 5.74) is 3.00. The highest BCUT2D eigenvalue weighted by Gasteiger charge is 2.15. The van der Waals surface area contributed by atoms with Crippen LogP contribution in [0.1, 0.15) is 19.4 Å². The molecule has 0 saturated carbocycles. The fraction of sp³-hybridized carbons (Fsp3) is 0.211. The zero-order valence-corrected chi connectivity index (χ0v) is 16.9. The maximum Gasteiger partial charge on any atom is 0.308 e. The molecule has 2 aromatic rings. The van der Waals surface area contributed by atoms with E-state index in [1.807, 2.05) is 0 Å². The van der Waals surface area contributed by atoms with Gasteiger partial charge in [-0.2, -0.15) is 5.10 Å². The standard InChI is InChI=1S/C19H18Cl2N2O5/c1-11(27-16-7-5-14(20)9-15(16)21)19(25)23-22-10-13-4-6-17(28-12(2)24)18(8-13)26-3/h4-11H,1-3H3,(H,23,25)/t11-/m1/s1. The topological polar surface area (TPSA) is 86.2 Å². The Kier molecular flexibility index (Phi) is 7.66. The van der Waals surface area contributed by atoms with Gasteiger partial charge in [-0.3, -0.25) is 9.59 Å². The second-order valence-corrected chi connectivity index (χ2v) is 6.42. The normalized spacial score (nSPS) is 11.8. The van der Waals surface area contributed by atoms with Crippen molar-refractivity contribution in [1.82, 2.24) is 5.43 Å². The summed E-state index contributed by atoms with van der Waals surface area (Å²) in [6, 6.07) is 9.55. The van der Waals surface area contributed by atoms with Crippen LogP contribution in [0.4, 0.5) is 0 Å². The Bertz CT molecular complexity index is 902. The summed E-state index contributed by atoms with van der Waals surface area (Å²) in [7, 11) is 1.45. The smallest absolute Gasteiger partial charge is 0.308 e. The number of hydrazone groups is 1. The molecular formula is C19H18Cl2N2O5. The predicted molar refractivity (Wildman–Crippen MR) is 107 cm³/mol. The summed E-state index contributed by atoms with van der Waals surface area (Å²) in [5.74, 6) is 0.0635. The van der Waals surface area contributed by atoms with Gasteiger partial charge in [-0.15, -0.1) is 0 Å². The number of rotatable bonds is 7. The van der Waals surface area contributed by atoms with Crippen molar-refractivity contribution in [3.8, 4) is 17.2 Å². The number of carbonyl (C=O) groups is 2. The van der Waals surface area contributed by atoms with E-state index in [1.165, 1.54) is 26.3 Å². The second kappa shape index (κ2) is 9.96. The van der Waals surface area contributed by atoms with Crippen molar-refractivity contribution in [3.05, 3.63) is 52.0 Å². The maximum atomic E-state index is 12.1. The third-order valence-corrected chi connectivity index (χ3v) is 3.93. The Morgan fingerprint density at radius 3 is 2.46 bits per heavy atom. The molecule has 0 fully saturated rings. The molecule has 0 spiro atoms. The van der Waals surface area contributed by atoms with E-state index in [9.17, 15) is 9.59 Å². The fourth-order valence-corrected chi connectivity index (χ4v) is 2.53. The van der Waals surface area contributed by atoms with Gasteiger partial charge < -0.3 is 14.2 Å². The quantitative estimate of drug-likeness (QED) is 0.315. The highest BCUT2D eigenvalue weighted by Crippen LogP contribution is 2.29. The van der Waals surface area contributed by atoms with E-state index in [1.54, 1.807) is 37.3 Å². The van der Waals surface area contributed by atoms with E-state index in [0.29, 0.717) is 27.1 Å². The highest BCUT2D eigenvalue weighted by atomic mass is 35.5. The van der Waals surface area contributed by atoms with Crippen LogP contribution in [0.5, 0.6) is 17.2 Å². The highest BCUT2D eigenvalue weighted by molar-refractivity contribution is 6.35. The molecule has 1 N–H and O–H groups in total. The lowest BCUT2D eigenvalue weighted by Gasteiger charge is -2.14. The van der Waals surface area contributed by atoms with Gasteiger partial charge in [-0.1, -0.05) is 23.2 Å². The van der Waals surface area contributed by atoms with Crippen LogP contribution >= 0.6 is 23.2 Å². The van der Waals surface area contributed by atoms with E-state index in [0.717, 1.165) is 0 Å². The molecule has 1 atom stereocenters. The molecule has 0 radical (unpaired) electrons. The van der Waals surface area contributed by atoms with Gasteiger partial charge in [0.2, 0.25) is 0 Å². The zero-order valence-electron chi connectivity index (χ0n) is 15.4. The van der Waals surface area contributed by atoms with Gasteiger partial charge >= 0.3 is 5.97 Å². The molecule has 2 rings (SSSR count). The van der Waals surface area contributed by atoms with Gasteiger partial charge in [0.05, 0.1) is 18.3 Å². The van der Waals surface area contributed by atoms with Gasteiger partial charge in [0.15, 0.2) is 17.6 Å². The molecule has 2 aromatic carbocycles. The average Bonchev–Trinajstić information content (AvgIpc) is 2.64. The van der Waals surface area contributed by atoms with Crippen LogP contribution < -0.4 is 19.6 Å². The fourth-order valence-electron chi connectivity index (χ4n) is 2.08. The van der Waals surface area contributed by atoms with Crippen molar-refractivity contribution in [2.45, 2.75) is 20.0 Å². The molecule has 0 unspecified atom stereocenters. The molecule has 0 aliphatic heterocycles. The number of nitrogens with zero attached hydrogens (tertiary/aromatic N) is 1. The first kappa shape index (κ1) is 21.5. The van der Waals surface area contributed by atoms with Crippen molar-refractivity contribution in [2.75, 3.05) is 7.11 Å². The van der Waals surface area contributed by atoms with Crippen LogP contribution in [0.2, 0.25) is 10.0 Å². The number of hydrogen-bond donors (Lipinski definition) is 1. The first-order chi connectivity index (χ1) is 13.3. The minimum absolute atomic E-state index is 0.290. The van der Waals surface area contributed by atoms with Crippen LogP contribution in [0.15, 0.2) is 41.5 Å². The van der Waals surface area contributed by atoms with Gasteiger partial charge in [-0.25, -0.2) is 5.43 Å². The molecular weight excluding hydrogens is 407 g/mol. The third kappa shape index (κ3) is 6.14. The Balaban J connectivity index is 1.97. The van der Waals surface area contributed by atoms with E-state index >= 15 is 0 Å². The number of methoxy groups -OCH3 is 1. The molecule has 0 aliphatic rings. The molecule has 28 heavy (non-hydrogen) atoms.